The lowest BCUT2D eigenvalue weighted by Gasteiger charge is -2.17. The Kier molecular flexibility index (Phi) is 3.92. The van der Waals surface area contributed by atoms with E-state index in [9.17, 15) is 4.79 Å². The average Bonchev–Trinajstić information content (AvgIpc) is 3.00. The van der Waals surface area contributed by atoms with Crippen molar-refractivity contribution in [1.29, 1.82) is 0 Å². The third-order valence-corrected chi connectivity index (χ3v) is 3.95. The molecule has 22 heavy (non-hydrogen) atoms. The lowest BCUT2D eigenvalue weighted by atomic mass is 9.98. The van der Waals surface area contributed by atoms with Crippen molar-refractivity contribution < 1.29 is 4.79 Å². The highest BCUT2D eigenvalue weighted by Gasteiger charge is 2.28. The second-order valence-corrected chi connectivity index (χ2v) is 5.60. The number of anilines is 1. The highest BCUT2D eigenvalue weighted by atomic mass is 16.1. The fourth-order valence-electron chi connectivity index (χ4n) is 2.70. The van der Waals surface area contributed by atoms with Gasteiger partial charge in [-0.1, -0.05) is 42.5 Å². The highest BCUT2D eigenvalue weighted by molar-refractivity contribution is 6.02. The Labute approximate surface area is 130 Å². The predicted molar refractivity (Wildman–Crippen MR) is 89.0 cm³/mol. The molecule has 1 amide bonds. The summed E-state index contributed by atoms with van der Waals surface area (Å²) in [4.78, 5) is 13.4. The van der Waals surface area contributed by atoms with Crippen LogP contribution in [0.4, 0.5) is 5.69 Å². The van der Waals surface area contributed by atoms with E-state index in [2.05, 4.69) is 34.3 Å². The number of nitrogens with zero attached hydrogens (tertiary/aromatic N) is 3. The maximum atomic E-state index is 11.3. The van der Waals surface area contributed by atoms with E-state index in [1.54, 1.807) is 0 Å². The Morgan fingerprint density at radius 3 is 2.36 bits per heavy atom. The molecule has 2 aromatic rings. The number of amides is 1. The van der Waals surface area contributed by atoms with E-state index in [1.807, 2.05) is 44.4 Å². The van der Waals surface area contributed by atoms with Crippen molar-refractivity contribution in [1.82, 2.24) is 5.01 Å². The maximum absolute atomic E-state index is 11.3. The summed E-state index contributed by atoms with van der Waals surface area (Å²) in [7, 11) is 4.03. The van der Waals surface area contributed by atoms with Crippen molar-refractivity contribution in [3.05, 3.63) is 65.7 Å². The molecule has 0 aliphatic carbocycles. The summed E-state index contributed by atoms with van der Waals surface area (Å²) in [5.74, 6) is 0. The standard InChI is InChI=1S/C18H19N3O/c1-20(2)16-10-8-14(9-11-16)17-12-18(21(13-22)19-17)15-6-4-3-5-7-15/h3-11,13,18H,12H2,1-2H3. The summed E-state index contributed by atoms with van der Waals surface area (Å²) in [5.41, 5.74) is 4.27. The van der Waals surface area contributed by atoms with Gasteiger partial charge in [0.2, 0.25) is 6.41 Å². The van der Waals surface area contributed by atoms with Gasteiger partial charge in [0.1, 0.15) is 0 Å². The molecule has 0 bridgehead atoms. The molecule has 4 heteroatoms. The smallest absolute Gasteiger partial charge is 0.230 e. The van der Waals surface area contributed by atoms with Gasteiger partial charge < -0.3 is 4.90 Å². The first kappa shape index (κ1) is 14.3. The normalized spacial score (nSPS) is 17.3. The van der Waals surface area contributed by atoms with Gasteiger partial charge in [0, 0.05) is 26.2 Å². The van der Waals surface area contributed by atoms with Crippen LogP contribution in [0.15, 0.2) is 59.7 Å². The molecule has 0 radical (unpaired) electrons. The minimum Gasteiger partial charge on any atom is -0.378 e. The minimum atomic E-state index is -0.0118. The molecular weight excluding hydrogens is 274 g/mol. The number of carbonyl (C=O) groups is 1. The van der Waals surface area contributed by atoms with Crippen LogP contribution in [-0.4, -0.2) is 31.2 Å². The second kappa shape index (κ2) is 6.02. The highest BCUT2D eigenvalue weighted by Crippen LogP contribution is 2.31. The summed E-state index contributed by atoms with van der Waals surface area (Å²) < 4.78 is 0. The molecule has 3 rings (SSSR count). The Hall–Kier alpha value is -2.62. The summed E-state index contributed by atoms with van der Waals surface area (Å²) in [6.07, 6.45) is 1.54. The van der Waals surface area contributed by atoms with Crippen LogP contribution >= 0.6 is 0 Å². The van der Waals surface area contributed by atoms with Crippen LogP contribution in [0, 0.1) is 0 Å². The molecule has 1 aliphatic rings. The molecule has 1 atom stereocenters. The average molecular weight is 293 g/mol. The monoisotopic (exact) mass is 293 g/mol. The van der Waals surface area contributed by atoms with Gasteiger partial charge >= 0.3 is 0 Å². The molecule has 0 N–H and O–H groups in total. The number of benzene rings is 2. The van der Waals surface area contributed by atoms with Gasteiger partial charge in [0.05, 0.1) is 11.8 Å². The first-order chi connectivity index (χ1) is 10.7. The summed E-state index contributed by atoms with van der Waals surface area (Å²) in [5, 5.41) is 6.00. The van der Waals surface area contributed by atoms with E-state index in [-0.39, 0.29) is 6.04 Å². The molecule has 0 fully saturated rings. The third-order valence-electron chi connectivity index (χ3n) is 3.95. The predicted octanol–water partition coefficient (Wildman–Crippen LogP) is 3.06. The van der Waals surface area contributed by atoms with Gasteiger partial charge in [-0.2, -0.15) is 5.10 Å². The maximum Gasteiger partial charge on any atom is 0.230 e. The Morgan fingerprint density at radius 1 is 1.09 bits per heavy atom. The zero-order valence-corrected chi connectivity index (χ0v) is 12.8. The van der Waals surface area contributed by atoms with Gasteiger partial charge in [-0.15, -0.1) is 0 Å². The van der Waals surface area contributed by atoms with E-state index < -0.39 is 0 Å². The van der Waals surface area contributed by atoms with E-state index >= 15 is 0 Å². The summed E-state index contributed by atoms with van der Waals surface area (Å²) in [6, 6.07) is 18.3. The van der Waals surface area contributed by atoms with Crippen molar-refractivity contribution >= 4 is 17.8 Å². The van der Waals surface area contributed by atoms with Gasteiger partial charge in [0.15, 0.2) is 0 Å². The fourth-order valence-corrected chi connectivity index (χ4v) is 2.70. The number of rotatable bonds is 4. The molecule has 4 nitrogen and oxygen atoms in total. The summed E-state index contributed by atoms with van der Waals surface area (Å²) >= 11 is 0. The van der Waals surface area contributed by atoms with E-state index in [0.29, 0.717) is 0 Å². The van der Waals surface area contributed by atoms with Crippen molar-refractivity contribution in [3.8, 4) is 0 Å². The van der Waals surface area contributed by atoms with E-state index in [4.69, 9.17) is 0 Å². The van der Waals surface area contributed by atoms with Crippen LogP contribution in [0.1, 0.15) is 23.6 Å². The lowest BCUT2D eigenvalue weighted by Crippen LogP contribution is -2.17. The molecule has 0 saturated carbocycles. The number of hydrogen-bond donors (Lipinski definition) is 0. The molecule has 1 aliphatic heterocycles. The zero-order valence-electron chi connectivity index (χ0n) is 12.8. The fraction of sp³-hybridized carbons (Fsp3) is 0.222. The zero-order chi connectivity index (χ0) is 15.5. The Balaban J connectivity index is 1.85. The molecule has 2 aromatic carbocycles. The van der Waals surface area contributed by atoms with Crippen LogP contribution < -0.4 is 4.90 Å². The second-order valence-electron chi connectivity index (χ2n) is 5.60. The lowest BCUT2D eigenvalue weighted by molar-refractivity contribution is -0.119. The number of hydrazone groups is 1. The molecule has 0 aromatic heterocycles. The van der Waals surface area contributed by atoms with Crippen molar-refractivity contribution in [2.75, 3.05) is 19.0 Å². The van der Waals surface area contributed by atoms with E-state index in [0.717, 1.165) is 35.4 Å². The van der Waals surface area contributed by atoms with E-state index in [1.165, 1.54) is 5.01 Å². The van der Waals surface area contributed by atoms with Crippen LogP contribution in [0.5, 0.6) is 0 Å². The van der Waals surface area contributed by atoms with Crippen LogP contribution in [0.2, 0.25) is 0 Å². The van der Waals surface area contributed by atoms with Gasteiger partial charge in [-0.3, -0.25) is 4.79 Å². The SMILES string of the molecule is CN(C)c1ccc(C2=NN(C=O)C(c3ccccc3)C2)cc1. The Bertz CT molecular complexity index is 677. The van der Waals surface area contributed by atoms with Crippen molar-refractivity contribution in [3.63, 3.8) is 0 Å². The minimum absolute atomic E-state index is 0.0118. The number of hydrogen-bond acceptors (Lipinski definition) is 3. The first-order valence-corrected chi connectivity index (χ1v) is 7.33. The first-order valence-electron chi connectivity index (χ1n) is 7.33. The summed E-state index contributed by atoms with van der Waals surface area (Å²) in [6.45, 7) is 0. The van der Waals surface area contributed by atoms with Crippen molar-refractivity contribution in [2.45, 2.75) is 12.5 Å². The molecule has 1 heterocycles. The molecule has 0 saturated heterocycles. The van der Waals surface area contributed by atoms with Gasteiger partial charge in [-0.25, -0.2) is 5.01 Å². The van der Waals surface area contributed by atoms with Gasteiger partial charge in [0.25, 0.3) is 0 Å². The quantitative estimate of drug-likeness (QED) is 0.812. The van der Waals surface area contributed by atoms with Crippen LogP contribution in [0.3, 0.4) is 0 Å². The topological polar surface area (TPSA) is 35.9 Å². The van der Waals surface area contributed by atoms with Crippen LogP contribution in [-0.2, 0) is 4.79 Å². The molecule has 0 spiro atoms. The number of carbonyl (C=O) groups excluding carboxylic acids is 1. The molecule has 112 valence electrons. The van der Waals surface area contributed by atoms with Gasteiger partial charge in [-0.05, 0) is 23.3 Å². The molecule has 1 unspecified atom stereocenters. The third kappa shape index (κ3) is 2.72. The largest absolute Gasteiger partial charge is 0.378 e. The van der Waals surface area contributed by atoms with Crippen molar-refractivity contribution in [2.24, 2.45) is 5.10 Å². The molecular formula is C18H19N3O. The van der Waals surface area contributed by atoms with Crippen LogP contribution in [0.25, 0.3) is 0 Å². The Morgan fingerprint density at radius 2 is 1.77 bits per heavy atom.